The molecule has 0 aliphatic rings. The van der Waals surface area contributed by atoms with Crippen LogP contribution in [-0.2, 0) is 9.53 Å². The normalized spacial score (nSPS) is 12.4. The number of aliphatic hydroxyl groups is 1. The van der Waals surface area contributed by atoms with Crippen LogP contribution in [0, 0.1) is 0 Å². The summed E-state index contributed by atoms with van der Waals surface area (Å²) < 4.78 is 5.25. The van der Waals surface area contributed by atoms with E-state index in [1.54, 1.807) is 0 Å². The predicted molar refractivity (Wildman–Crippen MR) is 63.3 cm³/mol. The largest absolute Gasteiger partial charge is 0.389 e. The van der Waals surface area contributed by atoms with Crippen molar-refractivity contribution in [1.29, 1.82) is 0 Å². The van der Waals surface area contributed by atoms with Crippen LogP contribution in [-0.4, -0.2) is 50.0 Å². The molecule has 0 aliphatic carbocycles. The number of carbonyl (C=O) groups excluding carboxylic acids is 1. The summed E-state index contributed by atoms with van der Waals surface area (Å²) >= 11 is 0. The Morgan fingerprint density at radius 1 is 1.44 bits per heavy atom. The minimum atomic E-state index is -0.550. The zero-order valence-corrected chi connectivity index (χ0v) is 10.3. The summed E-state index contributed by atoms with van der Waals surface area (Å²) in [6.45, 7) is 6.21. The highest BCUT2D eigenvalue weighted by molar-refractivity contribution is 5.77. The number of unbranched alkanes of at least 4 members (excludes halogenated alkanes) is 1. The minimum Gasteiger partial charge on any atom is -0.389 e. The second-order valence-electron chi connectivity index (χ2n) is 3.67. The highest BCUT2D eigenvalue weighted by Gasteiger charge is 2.05. The third-order valence-electron chi connectivity index (χ3n) is 1.99. The molecule has 3 N–H and O–H groups in total. The molecule has 0 aromatic heterocycles. The molecule has 0 fully saturated rings. The van der Waals surface area contributed by atoms with Crippen molar-refractivity contribution >= 4 is 5.91 Å². The van der Waals surface area contributed by atoms with E-state index in [9.17, 15) is 9.90 Å². The second-order valence-corrected chi connectivity index (χ2v) is 3.67. The van der Waals surface area contributed by atoms with Crippen LogP contribution in [0.3, 0.4) is 0 Å². The summed E-state index contributed by atoms with van der Waals surface area (Å²) in [7, 11) is 0. The Balaban J connectivity index is 3.29. The molecule has 16 heavy (non-hydrogen) atoms. The molecule has 0 aromatic rings. The third-order valence-corrected chi connectivity index (χ3v) is 1.99. The van der Waals surface area contributed by atoms with Gasteiger partial charge in [-0.1, -0.05) is 13.3 Å². The number of aliphatic hydroxyl groups excluding tert-OH is 1. The molecule has 96 valence electrons. The fraction of sp³-hybridized carbons (Fsp3) is 0.909. The van der Waals surface area contributed by atoms with E-state index in [1.165, 1.54) is 0 Å². The Bertz CT molecular complexity index is 177. The van der Waals surface area contributed by atoms with Crippen LogP contribution in [0.2, 0.25) is 0 Å². The molecule has 0 spiro atoms. The maximum absolute atomic E-state index is 11.0. The molecule has 0 saturated heterocycles. The molecule has 0 aromatic carbocycles. The molecule has 0 aliphatic heterocycles. The number of hydrogen-bond acceptors (Lipinski definition) is 4. The predicted octanol–water partition coefficient (Wildman–Crippen LogP) is -0.110. The van der Waals surface area contributed by atoms with Crippen LogP contribution in [0.25, 0.3) is 0 Å². The molecular weight excluding hydrogens is 208 g/mol. The van der Waals surface area contributed by atoms with E-state index in [4.69, 9.17) is 4.74 Å². The number of carbonyl (C=O) groups is 1. The van der Waals surface area contributed by atoms with Crippen molar-refractivity contribution in [1.82, 2.24) is 10.6 Å². The van der Waals surface area contributed by atoms with Gasteiger partial charge in [0.05, 0.1) is 19.3 Å². The van der Waals surface area contributed by atoms with Crippen LogP contribution in [0.15, 0.2) is 0 Å². The molecule has 5 nitrogen and oxygen atoms in total. The zero-order valence-electron chi connectivity index (χ0n) is 10.3. The van der Waals surface area contributed by atoms with Crippen LogP contribution >= 0.6 is 0 Å². The monoisotopic (exact) mass is 232 g/mol. The fourth-order valence-electron chi connectivity index (χ4n) is 1.14. The second kappa shape index (κ2) is 10.9. The topological polar surface area (TPSA) is 70.6 Å². The van der Waals surface area contributed by atoms with Gasteiger partial charge in [-0.2, -0.15) is 0 Å². The Hall–Kier alpha value is -0.650. The van der Waals surface area contributed by atoms with Gasteiger partial charge in [-0.25, -0.2) is 0 Å². The van der Waals surface area contributed by atoms with E-state index < -0.39 is 6.10 Å². The van der Waals surface area contributed by atoms with Crippen molar-refractivity contribution in [3.8, 4) is 0 Å². The summed E-state index contributed by atoms with van der Waals surface area (Å²) in [6, 6.07) is 0. The third kappa shape index (κ3) is 9.89. The van der Waals surface area contributed by atoms with E-state index >= 15 is 0 Å². The molecule has 0 rings (SSSR count). The van der Waals surface area contributed by atoms with Crippen molar-refractivity contribution < 1.29 is 14.6 Å². The highest BCUT2D eigenvalue weighted by atomic mass is 16.5. The highest BCUT2D eigenvalue weighted by Crippen LogP contribution is 1.90. The first-order valence-electron chi connectivity index (χ1n) is 5.93. The van der Waals surface area contributed by atoms with E-state index in [1.807, 2.05) is 6.92 Å². The smallest absolute Gasteiger partial charge is 0.233 e. The SMILES string of the molecule is CCCCOCC(O)CNCC(=O)NCC. The molecular formula is C11H24N2O3. The van der Waals surface area contributed by atoms with Crippen LogP contribution < -0.4 is 10.6 Å². The zero-order chi connectivity index (χ0) is 12.2. The average molecular weight is 232 g/mol. The van der Waals surface area contributed by atoms with Crippen molar-refractivity contribution in [3.05, 3.63) is 0 Å². The van der Waals surface area contributed by atoms with Crippen LogP contribution in [0.4, 0.5) is 0 Å². The summed E-state index contributed by atoms with van der Waals surface area (Å²) in [6.07, 6.45) is 1.55. The summed E-state index contributed by atoms with van der Waals surface area (Å²) in [5, 5.41) is 15.0. The molecule has 0 radical (unpaired) electrons. The average Bonchev–Trinajstić information content (AvgIpc) is 2.25. The van der Waals surface area contributed by atoms with E-state index in [-0.39, 0.29) is 12.5 Å². The maximum Gasteiger partial charge on any atom is 0.233 e. The molecule has 5 heteroatoms. The fourth-order valence-corrected chi connectivity index (χ4v) is 1.14. The number of ether oxygens (including phenoxy) is 1. The van der Waals surface area contributed by atoms with Crippen LogP contribution in [0.1, 0.15) is 26.7 Å². The Morgan fingerprint density at radius 2 is 2.19 bits per heavy atom. The summed E-state index contributed by atoms with van der Waals surface area (Å²) in [4.78, 5) is 11.0. The Morgan fingerprint density at radius 3 is 2.81 bits per heavy atom. The molecule has 0 saturated carbocycles. The minimum absolute atomic E-state index is 0.0541. The van der Waals surface area contributed by atoms with Crippen molar-refractivity contribution in [3.63, 3.8) is 0 Å². The molecule has 0 heterocycles. The first kappa shape index (κ1) is 15.3. The standard InChI is InChI=1S/C11H24N2O3/c1-3-5-6-16-9-10(14)7-12-8-11(15)13-4-2/h10,12,14H,3-9H2,1-2H3,(H,13,15). The molecule has 1 amide bonds. The number of hydrogen-bond donors (Lipinski definition) is 3. The Labute approximate surface area is 97.6 Å². The van der Waals surface area contributed by atoms with Gasteiger partial charge in [0.25, 0.3) is 0 Å². The van der Waals surface area contributed by atoms with Gasteiger partial charge >= 0.3 is 0 Å². The van der Waals surface area contributed by atoms with Gasteiger partial charge in [0.2, 0.25) is 5.91 Å². The van der Waals surface area contributed by atoms with Gasteiger partial charge in [0.15, 0.2) is 0 Å². The van der Waals surface area contributed by atoms with Crippen molar-refractivity contribution in [2.45, 2.75) is 32.8 Å². The van der Waals surface area contributed by atoms with Crippen molar-refractivity contribution in [2.75, 3.05) is 32.8 Å². The number of likely N-dealkylation sites (N-methyl/N-ethyl adjacent to an activating group) is 1. The first-order chi connectivity index (χ1) is 7.70. The lowest BCUT2D eigenvalue weighted by atomic mass is 10.3. The summed E-state index contributed by atoms with van der Waals surface area (Å²) in [5.41, 5.74) is 0. The maximum atomic E-state index is 11.0. The van der Waals surface area contributed by atoms with E-state index in [0.717, 1.165) is 12.8 Å². The molecule has 1 unspecified atom stereocenters. The quantitative estimate of drug-likeness (QED) is 0.460. The van der Waals surface area contributed by atoms with E-state index in [0.29, 0.717) is 26.3 Å². The molecule has 1 atom stereocenters. The molecule has 0 bridgehead atoms. The number of rotatable bonds is 10. The van der Waals surface area contributed by atoms with Gasteiger partial charge in [-0.15, -0.1) is 0 Å². The number of amides is 1. The lowest BCUT2D eigenvalue weighted by molar-refractivity contribution is -0.120. The van der Waals surface area contributed by atoms with Gasteiger partial charge in [-0.3, -0.25) is 4.79 Å². The van der Waals surface area contributed by atoms with Gasteiger partial charge in [-0.05, 0) is 13.3 Å². The van der Waals surface area contributed by atoms with Gasteiger partial charge in [0, 0.05) is 19.7 Å². The Kier molecular flexibility index (Phi) is 10.4. The first-order valence-corrected chi connectivity index (χ1v) is 5.93. The van der Waals surface area contributed by atoms with Gasteiger partial charge < -0.3 is 20.5 Å². The van der Waals surface area contributed by atoms with E-state index in [2.05, 4.69) is 17.6 Å². The van der Waals surface area contributed by atoms with Crippen LogP contribution in [0.5, 0.6) is 0 Å². The van der Waals surface area contributed by atoms with Gasteiger partial charge in [0.1, 0.15) is 0 Å². The number of nitrogens with one attached hydrogen (secondary N) is 2. The van der Waals surface area contributed by atoms with Crippen molar-refractivity contribution in [2.24, 2.45) is 0 Å². The lowest BCUT2D eigenvalue weighted by Gasteiger charge is -2.12. The lowest BCUT2D eigenvalue weighted by Crippen LogP contribution is -2.38. The summed E-state index contributed by atoms with van der Waals surface area (Å²) in [5.74, 6) is -0.0541.